The van der Waals surface area contributed by atoms with Gasteiger partial charge in [-0.2, -0.15) is 0 Å². The van der Waals surface area contributed by atoms with Crippen molar-refractivity contribution in [3.63, 3.8) is 0 Å². The molecule has 7 atom stereocenters. The van der Waals surface area contributed by atoms with Crippen LogP contribution in [0, 0.1) is 28.6 Å². The summed E-state index contributed by atoms with van der Waals surface area (Å²) in [6.07, 6.45) is 15.2. The second-order valence-corrected chi connectivity index (χ2v) is 12.3. The highest BCUT2D eigenvalue weighted by atomic mass is 32.1. The van der Waals surface area contributed by atoms with Crippen LogP contribution in [-0.2, 0) is 9.53 Å². The predicted octanol–water partition coefficient (Wildman–Crippen LogP) is 6.91. The molecule has 4 nitrogen and oxygen atoms in total. The fourth-order valence-electron chi connectivity index (χ4n) is 8.07. The lowest BCUT2D eigenvalue weighted by Gasteiger charge is -2.58. The standard InChI is InChI=1S/C27H39NO3S/c1-5-14-30-24-16-28-25(32-24)23-9-8-21-20-7-6-18-15-19(31-17(2)29)10-12-26(18,3)22(20)11-13-27(21,23)4/h6,16,19-23H,5,7-15H2,1-4H3. The lowest BCUT2D eigenvalue weighted by molar-refractivity contribution is -0.148. The average Bonchev–Trinajstić information content (AvgIpc) is 3.35. The summed E-state index contributed by atoms with van der Waals surface area (Å²) >= 11 is 1.79. The van der Waals surface area contributed by atoms with Crippen LogP contribution in [0.1, 0.15) is 96.4 Å². The molecule has 1 aromatic rings. The number of thiazole rings is 1. The molecule has 0 aromatic carbocycles. The lowest BCUT2D eigenvalue weighted by Crippen LogP contribution is -2.50. The molecule has 0 amide bonds. The Kier molecular flexibility index (Phi) is 5.92. The molecule has 7 unspecified atom stereocenters. The maximum absolute atomic E-state index is 11.5. The van der Waals surface area contributed by atoms with Gasteiger partial charge in [0, 0.05) is 19.3 Å². The topological polar surface area (TPSA) is 48.4 Å². The van der Waals surface area contributed by atoms with E-state index >= 15 is 0 Å². The molecule has 3 fully saturated rings. The van der Waals surface area contributed by atoms with Gasteiger partial charge in [0.15, 0.2) is 5.06 Å². The van der Waals surface area contributed by atoms with Gasteiger partial charge in [0.05, 0.1) is 17.8 Å². The first-order valence-corrected chi connectivity index (χ1v) is 13.6. The van der Waals surface area contributed by atoms with Crippen molar-refractivity contribution in [2.24, 2.45) is 28.6 Å². The molecule has 0 saturated heterocycles. The normalized spacial score (nSPS) is 40.6. The van der Waals surface area contributed by atoms with Crippen molar-refractivity contribution in [2.75, 3.05) is 6.61 Å². The van der Waals surface area contributed by atoms with E-state index < -0.39 is 0 Å². The van der Waals surface area contributed by atoms with Gasteiger partial charge >= 0.3 is 5.97 Å². The van der Waals surface area contributed by atoms with Crippen LogP contribution in [0.5, 0.6) is 5.06 Å². The van der Waals surface area contributed by atoms with E-state index in [4.69, 9.17) is 14.5 Å². The zero-order chi connectivity index (χ0) is 22.5. The van der Waals surface area contributed by atoms with Crippen molar-refractivity contribution in [1.29, 1.82) is 0 Å². The molecule has 176 valence electrons. The second kappa shape index (κ2) is 8.45. The summed E-state index contributed by atoms with van der Waals surface area (Å²) < 4.78 is 11.5. The highest BCUT2D eigenvalue weighted by Crippen LogP contribution is 2.68. The van der Waals surface area contributed by atoms with Crippen molar-refractivity contribution < 1.29 is 14.3 Å². The SMILES string of the molecule is CCCOc1cnc(C2CCC3C4CC=C5CC(OC(C)=O)CCC5(C)C4CCC23C)s1. The number of carbonyl (C=O) groups is 1. The number of aromatic nitrogens is 1. The molecule has 0 aliphatic heterocycles. The number of ether oxygens (including phenoxy) is 2. The lowest BCUT2D eigenvalue weighted by atomic mass is 9.47. The monoisotopic (exact) mass is 457 g/mol. The van der Waals surface area contributed by atoms with E-state index in [1.54, 1.807) is 23.8 Å². The molecule has 0 spiro atoms. The van der Waals surface area contributed by atoms with E-state index in [2.05, 4.69) is 26.8 Å². The largest absolute Gasteiger partial charge is 0.483 e. The molecule has 3 saturated carbocycles. The van der Waals surface area contributed by atoms with E-state index in [9.17, 15) is 4.79 Å². The van der Waals surface area contributed by atoms with Gasteiger partial charge in [-0.05, 0) is 80.0 Å². The van der Waals surface area contributed by atoms with Gasteiger partial charge in [0.25, 0.3) is 0 Å². The molecule has 0 N–H and O–H groups in total. The van der Waals surface area contributed by atoms with Crippen LogP contribution < -0.4 is 4.74 Å². The third-order valence-electron chi connectivity index (χ3n) is 9.64. The van der Waals surface area contributed by atoms with Crippen LogP contribution >= 0.6 is 11.3 Å². The van der Waals surface area contributed by atoms with E-state index in [0.717, 1.165) is 55.1 Å². The number of hydrogen-bond donors (Lipinski definition) is 0. The smallest absolute Gasteiger partial charge is 0.302 e. The first kappa shape index (κ1) is 22.4. The number of carbonyl (C=O) groups excluding carboxylic acids is 1. The molecular weight excluding hydrogens is 418 g/mol. The quantitative estimate of drug-likeness (QED) is 0.356. The zero-order valence-corrected chi connectivity index (χ0v) is 21.0. The van der Waals surface area contributed by atoms with Crippen LogP contribution in [0.2, 0.25) is 0 Å². The minimum atomic E-state index is -0.135. The number of esters is 1. The first-order valence-electron chi connectivity index (χ1n) is 12.8. The second-order valence-electron chi connectivity index (χ2n) is 11.3. The summed E-state index contributed by atoms with van der Waals surface area (Å²) in [7, 11) is 0. The van der Waals surface area contributed by atoms with Crippen molar-refractivity contribution in [3.05, 3.63) is 22.9 Å². The predicted molar refractivity (Wildman–Crippen MR) is 128 cm³/mol. The average molecular weight is 458 g/mol. The Labute approximate surface area is 197 Å². The number of rotatable bonds is 5. The van der Waals surface area contributed by atoms with Gasteiger partial charge in [-0.3, -0.25) is 4.79 Å². The number of allylic oxidation sites excluding steroid dienone is 1. The highest BCUT2D eigenvalue weighted by molar-refractivity contribution is 7.13. The zero-order valence-electron chi connectivity index (χ0n) is 20.2. The maximum Gasteiger partial charge on any atom is 0.302 e. The van der Waals surface area contributed by atoms with Crippen molar-refractivity contribution in [3.8, 4) is 5.06 Å². The van der Waals surface area contributed by atoms with Crippen molar-refractivity contribution in [1.82, 2.24) is 4.98 Å². The Balaban J connectivity index is 1.35. The third-order valence-corrected chi connectivity index (χ3v) is 10.7. The van der Waals surface area contributed by atoms with E-state index in [-0.39, 0.29) is 12.1 Å². The molecule has 32 heavy (non-hydrogen) atoms. The van der Waals surface area contributed by atoms with E-state index in [0.29, 0.717) is 16.7 Å². The van der Waals surface area contributed by atoms with Crippen molar-refractivity contribution >= 4 is 17.3 Å². The number of hydrogen-bond acceptors (Lipinski definition) is 5. The summed E-state index contributed by atoms with van der Waals surface area (Å²) in [5.74, 6) is 2.79. The van der Waals surface area contributed by atoms with Crippen LogP contribution in [0.15, 0.2) is 17.8 Å². The van der Waals surface area contributed by atoms with Crippen LogP contribution in [-0.4, -0.2) is 23.7 Å². The first-order chi connectivity index (χ1) is 15.3. The van der Waals surface area contributed by atoms with Crippen LogP contribution in [0.4, 0.5) is 0 Å². The molecule has 5 heteroatoms. The van der Waals surface area contributed by atoms with Crippen LogP contribution in [0.3, 0.4) is 0 Å². The minimum absolute atomic E-state index is 0.0853. The third kappa shape index (κ3) is 3.63. The van der Waals surface area contributed by atoms with Crippen LogP contribution in [0.25, 0.3) is 0 Å². The maximum atomic E-state index is 11.5. The Morgan fingerprint density at radius 2 is 2.03 bits per heavy atom. The Morgan fingerprint density at radius 1 is 1.19 bits per heavy atom. The number of nitrogens with zero attached hydrogens (tertiary/aromatic N) is 1. The Bertz CT molecular complexity index is 893. The molecule has 4 aliphatic rings. The fraction of sp³-hybridized carbons (Fsp3) is 0.778. The molecule has 4 aliphatic carbocycles. The Hall–Kier alpha value is -1.36. The van der Waals surface area contributed by atoms with E-state index in [1.165, 1.54) is 37.1 Å². The van der Waals surface area contributed by atoms with Gasteiger partial charge in [-0.1, -0.05) is 43.8 Å². The molecule has 0 radical (unpaired) electrons. The van der Waals surface area contributed by atoms with Crippen molar-refractivity contribution in [2.45, 2.75) is 97.5 Å². The van der Waals surface area contributed by atoms with Gasteiger partial charge in [0.1, 0.15) is 6.10 Å². The summed E-state index contributed by atoms with van der Waals surface area (Å²) in [4.78, 5) is 16.3. The van der Waals surface area contributed by atoms with E-state index in [1.807, 2.05) is 6.20 Å². The van der Waals surface area contributed by atoms with Gasteiger partial charge < -0.3 is 9.47 Å². The Morgan fingerprint density at radius 3 is 2.81 bits per heavy atom. The van der Waals surface area contributed by atoms with Gasteiger partial charge in [0.2, 0.25) is 0 Å². The summed E-state index contributed by atoms with van der Waals surface area (Å²) in [6.45, 7) is 9.56. The summed E-state index contributed by atoms with van der Waals surface area (Å²) in [5.41, 5.74) is 2.23. The highest BCUT2D eigenvalue weighted by Gasteiger charge is 2.59. The molecule has 5 rings (SSSR count). The molecule has 1 aromatic heterocycles. The summed E-state index contributed by atoms with van der Waals surface area (Å²) in [5, 5.41) is 2.30. The number of fused-ring (bicyclic) bond motifs is 5. The minimum Gasteiger partial charge on any atom is -0.483 e. The fourth-order valence-corrected chi connectivity index (χ4v) is 9.16. The van der Waals surface area contributed by atoms with Gasteiger partial charge in [-0.15, -0.1) is 0 Å². The molecule has 0 bridgehead atoms. The molecule has 1 heterocycles. The molecular formula is C27H39NO3S. The van der Waals surface area contributed by atoms with Gasteiger partial charge in [-0.25, -0.2) is 4.98 Å². The summed E-state index contributed by atoms with van der Waals surface area (Å²) in [6, 6.07) is 0.